The molecule has 13 heavy (non-hydrogen) atoms. The monoisotopic (exact) mass is 196 g/mol. The van der Waals surface area contributed by atoms with E-state index in [1.165, 1.54) is 6.92 Å². The molecular weight excluding hydrogens is 191 g/mol. The second-order valence-corrected chi connectivity index (χ2v) is 2.56. The van der Waals surface area contributed by atoms with Crippen molar-refractivity contribution < 1.29 is 22.0 Å². The predicted molar refractivity (Wildman–Crippen MR) is 36.1 cm³/mol. The maximum absolute atomic E-state index is 12.7. The molecule has 0 unspecified atom stereocenters. The Bertz CT molecular complexity index is 326. The van der Waals surface area contributed by atoms with Gasteiger partial charge in [-0.2, -0.15) is 13.2 Å². The van der Waals surface area contributed by atoms with E-state index in [9.17, 15) is 22.0 Å². The zero-order valence-electron chi connectivity index (χ0n) is 6.54. The van der Waals surface area contributed by atoms with Gasteiger partial charge in [0.2, 0.25) is 0 Å². The topological polar surface area (TPSA) is 0 Å². The van der Waals surface area contributed by atoms with Gasteiger partial charge in [0.15, 0.2) is 11.6 Å². The summed E-state index contributed by atoms with van der Waals surface area (Å²) in [5.41, 5.74) is -1.72. The van der Waals surface area contributed by atoms with Crippen LogP contribution in [0.2, 0.25) is 0 Å². The molecule has 0 bridgehead atoms. The van der Waals surface area contributed by atoms with Crippen molar-refractivity contribution in [1.29, 1.82) is 0 Å². The van der Waals surface area contributed by atoms with Crippen LogP contribution in [0.1, 0.15) is 11.1 Å². The van der Waals surface area contributed by atoms with Crippen LogP contribution in [-0.2, 0) is 6.18 Å². The number of alkyl halides is 3. The quantitative estimate of drug-likeness (QED) is 0.558. The summed E-state index contributed by atoms with van der Waals surface area (Å²) in [4.78, 5) is 0. The van der Waals surface area contributed by atoms with Gasteiger partial charge in [0.05, 0.1) is 5.56 Å². The summed E-state index contributed by atoms with van der Waals surface area (Å²) in [5.74, 6) is -3.29. The minimum Gasteiger partial charge on any atom is -0.203 e. The highest BCUT2D eigenvalue weighted by molar-refractivity contribution is 5.27. The molecule has 0 aromatic heterocycles. The van der Waals surface area contributed by atoms with Crippen molar-refractivity contribution in [2.45, 2.75) is 13.1 Å². The molecule has 0 spiro atoms. The number of benzene rings is 1. The van der Waals surface area contributed by atoms with Gasteiger partial charge in [0, 0.05) is 0 Å². The lowest BCUT2D eigenvalue weighted by Gasteiger charge is -2.08. The van der Waals surface area contributed by atoms with E-state index in [4.69, 9.17) is 0 Å². The van der Waals surface area contributed by atoms with Gasteiger partial charge < -0.3 is 0 Å². The molecule has 0 N–H and O–H groups in total. The smallest absolute Gasteiger partial charge is 0.203 e. The maximum Gasteiger partial charge on any atom is 0.419 e. The van der Waals surface area contributed by atoms with Crippen molar-refractivity contribution in [3.63, 3.8) is 0 Å². The summed E-state index contributed by atoms with van der Waals surface area (Å²) in [7, 11) is 0. The van der Waals surface area contributed by atoms with Crippen molar-refractivity contribution >= 4 is 0 Å². The zero-order valence-corrected chi connectivity index (χ0v) is 6.54. The Kier molecular flexibility index (Phi) is 2.28. The third-order valence-corrected chi connectivity index (χ3v) is 1.58. The number of rotatable bonds is 0. The summed E-state index contributed by atoms with van der Waals surface area (Å²) in [6.07, 6.45) is -4.85. The highest BCUT2D eigenvalue weighted by Crippen LogP contribution is 2.32. The highest BCUT2D eigenvalue weighted by Gasteiger charge is 2.35. The van der Waals surface area contributed by atoms with E-state index in [1.54, 1.807) is 0 Å². The minimum absolute atomic E-state index is 0.148. The first kappa shape index (κ1) is 9.95. The summed E-state index contributed by atoms with van der Waals surface area (Å²) in [6.45, 7) is 1.19. The third-order valence-electron chi connectivity index (χ3n) is 1.58. The average Bonchev–Trinajstić information content (AvgIpc) is 1.98. The fourth-order valence-electron chi connectivity index (χ4n) is 0.865. The molecular formula is C8H5F5. The van der Waals surface area contributed by atoms with Gasteiger partial charge >= 0.3 is 6.18 Å². The van der Waals surface area contributed by atoms with Crippen molar-refractivity contribution in [2.75, 3.05) is 0 Å². The highest BCUT2D eigenvalue weighted by atomic mass is 19.4. The van der Waals surface area contributed by atoms with Gasteiger partial charge in [-0.15, -0.1) is 0 Å². The Morgan fingerprint density at radius 2 is 1.54 bits per heavy atom. The van der Waals surface area contributed by atoms with Crippen LogP contribution in [0.5, 0.6) is 0 Å². The van der Waals surface area contributed by atoms with Crippen LogP contribution in [0.15, 0.2) is 12.1 Å². The molecule has 0 radical (unpaired) electrons. The normalized spacial score (nSPS) is 11.8. The van der Waals surface area contributed by atoms with Crippen LogP contribution in [-0.4, -0.2) is 0 Å². The van der Waals surface area contributed by atoms with E-state index < -0.39 is 23.4 Å². The molecule has 0 nitrogen and oxygen atoms in total. The van der Waals surface area contributed by atoms with E-state index in [1.807, 2.05) is 0 Å². The molecule has 0 fully saturated rings. The number of hydrogen-bond donors (Lipinski definition) is 0. The first-order chi connectivity index (χ1) is 5.84. The summed E-state index contributed by atoms with van der Waals surface area (Å²) in [5, 5.41) is 0. The lowest BCUT2D eigenvalue weighted by molar-refractivity contribution is -0.140. The molecule has 1 aromatic carbocycles. The minimum atomic E-state index is -4.85. The van der Waals surface area contributed by atoms with Gasteiger partial charge in [0.25, 0.3) is 0 Å². The largest absolute Gasteiger partial charge is 0.419 e. The second kappa shape index (κ2) is 2.97. The Morgan fingerprint density at radius 3 is 2.00 bits per heavy atom. The van der Waals surface area contributed by atoms with Crippen LogP contribution in [0, 0.1) is 18.6 Å². The second-order valence-electron chi connectivity index (χ2n) is 2.56. The fourth-order valence-corrected chi connectivity index (χ4v) is 0.865. The molecule has 1 rings (SSSR count). The predicted octanol–water partition coefficient (Wildman–Crippen LogP) is 3.29. The summed E-state index contributed by atoms with van der Waals surface area (Å²) < 4.78 is 61.2. The van der Waals surface area contributed by atoms with E-state index >= 15 is 0 Å². The molecule has 0 atom stereocenters. The number of halogens is 5. The average molecular weight is 196 g/mol. The van der Waals surface area contributed by atoms with Gasteiger partial charge in [0.1, 0.15) is 0 Å². The van der Waals surface area contributed by atoms with E-state index in [2.05, 4.69) is 0 Å². The van der Waals surface area contributed by atoms with Crippen LogP contribution in [0.25, 0.3) is 0 Å². The first-order valence-electron chi connectivity index (χ1n) is 3.36. The summed E-state index contributed by atoms with van der Waals surface area (Å²) >= 11 is 0. The van der Waals surface area contributed by atoms with Crippen LogP contribution in [0.4, 0.5) is 22.0 Å². The standard InChI is InChI=1S/C8H5F5/c1-4-2-3-5(8(11,12)13)7(10)6(4)9/h2-3H,1H3. The van der Waals surface area contributed by atoms with Gasteiger partial charge in [-0.25, -0.2) is 8.78 Å². The SMILES string of the molecule is Cc1ccc(C(F)(F)F)c(F)c1F. The number of aryl methyl sites for hydroxylation is 1. The molecule has 0 saturated carbocycles. The molecule has 5 heteroatoms. The van der Waals surface area contributed by atoms with E-state index in [0.717, 1.165) is 6.07 Å². The fraction of sp³-hybridized carbons (Fsp3) is 0.250. The summed E-state index contributed by atoms with van der Waals surface area (Å²) in [6, 6.07) is 1.41. The van der Waals surface area contributed by atoms with Crippen molar-refractivity contribution in [3.05, 3.63) is 34.9 Å². The lowest BCUT2D eigenvalue weighted by atomic mass is 10.1. The Labute approximate surface area is 71.0 Å². The Balaban J connectivity index is 3.35. The van der Waals surface area contributed by atoms with Crippen LogP contribution in [0.3, 0.4) is 0 Å². The van der Waals surface area contributed by atoms with E-state index in [-0.39, 0.29) is 5.56 Å². The molecule has 72 valence electrons. The third kappa shape index (κ3) is 1.79. The van der Waals surface area contributed by atoms with Crippen LogP contribution < -0.4 is 0 Å². The van der Waals surface area contributed by atoms with Crippen molar-refractivity contribution in [1.82, 2.24) is 0 Å². The molecule has 1 aromatic rings. The van der Waals surface area contributed by atoms with Gasteiger partial charge in [-0.05, 0) is 18.6 Å². The Morgan fingerprint density at radius 1 is 1.00 bits per heavy atom. The first-order valence-corrected chi connectivity index (χ1v) is 3.36. The van der Waals surface area contributed by atoms with Gasteiger partial charge in [-0.3, -0.25) is 0 Å². The molecule has 0 aliphatic heterocycles. The molecule has 0 aliphatic carbocycles. The van der Waals surface area contributed by atoms with Crippen molar-refractivity contribution in [3.8, 4) is 0 Å². The van der Waals surface area contributed by atoms with Crippen LogP contribution >= 0.6 is 0 Å². The zero-order chi connectivity index (χ0) is 10.2. The number of hydrogen-bond acceptors (Lipinski definition) is 0. The molecule has 0 amide bonds. The Hall–Kier alpha value is -1.13. The molecule has 0 heterocycles. The molecule has 0 aliphatic rings. The van der Waals surface area contributed by atoms with E-state index in [0.29, 0.717) is 6.07 Å². The lowest BCUT2D eigenvalue weighted by Crippen LogP contribution is -2.10. The van der Waals surface area contributed by atoms with Gasteiger partial charge in [-0.1, -0.05) is 6.07 Å². The molecule has 0 saturated heterocycles. The maximum atomic E-state index is 12.7. The van der Waals surface area contributed by atoms with Crippen molar-refractivity contribution in [2.24, 2.45) is 0 Å².